The van der Waals surface area contributed by atoms with E-state index in [1.165, 1.54) is 18.6 Å². The van der Waals surface area contributed by atoms with Gasteiger partial charge < -0.3 is 5.32 Å². The zero-order valence-corrected chi connectivity index (χ0v) is 12.9. The second kappa shape index (κ2) is 5.44. The highest BCUT2D eigenvalue weighted by Crippen LogP contribution is 2.45. The van der Waals surface area contributed by atoms with Crippen LogP contribution in [-0.4, -0.2) is 6.04 Å². The van der Waals surface area contributed by atoms with Gasteiger partial charge in [0.05, 0.1) is 0 Å². The smallest absolute Gasteiger partial charge is 0.126 e. The Labute approximate surface area is 120 Å². The third-order valence-corrected chi connectivity index (χ3v) is 4.07. The van der Waals surface area contributed by atoms with Crippen molar-refractivity contribution in [3.05, 3.63) is 35.4 Å². The van der Waals surface area contributed by atoms with Gasteiger partial charge in [-0.05, 0) is 47.8 Å². The number of hydrogen-bond acceptors (Lipinski definition) is 1. The molecule has 0 aliphatic heterocycles. The van der Waals surface area contributed by atoms with Crippen molar-refractivity contribution in [2.24, 2.45) is 10.8 Å². The lowest BCUT2D eigenvalue weighted by atomic mass is 9.63. The van der Waals surface area contributed by atoms with Crippen molar-refractivity contribution in [2.45, 2.75) is 59.5 Å². The lowest BCUT2D eigenvalue weighted by Crippen LogP contribution is -2.43. The third-order valence-electron chi connectivity index (χ3n) is 4.07. The van der Waals surface area contributed by atoms with E-state index in [1.54, 1.807) is 0 Å². The van der Waals surface area contributed by atoms with Crippen molar-refractivity contribution < 1.29 is 8.78 Å². The number of hydrogen-bond donors (Lipinski definition) is 1. The predicted octanol–water partition coefficient (Wildman–Crippen LogP) is 4.66. The number of halogens is 2. The molecule has 1 aromatic rings. The van der Waals surface area contributed by atoms with Crippen LogP contribution < -0.4 is 5.32 Å². The van der Waals surface area contributed by atoms with Crippen molar-refractivity contribution >= 4 is 0 Å². The average Bonchev–Trinajstić information content (AvgIpc) is 2.20. The van der Waals surface area contributed by atoms with E-state index in [1.807, 2.05) is 0 Å². The van der Waals surface area contributed by atoms with Crippen LogP contribution >= 0.6 is 0 Å². The van der Waals surface area contributed by atoms with Gasteiger partial charge in [0.2, 0.25) is 0 Å². The van der Waals surface area contributed by atoms with E-state index in [4.69, 9.17) is 0 Å². The van der Waals surface area contributed by atoms with Crippen LogP contribution in [0.3, 0.4) is 0 Å². The topological polar surface area (TPSA) is 12.0 Å². The summed E-state index contributed by atoms with van der Waals surface area (Å²) in [6, 6.07) is 4.11. The van der Waals surface area contributed by atoms with Crippen LogP contribution in [0.25, 0.3) is 0 Å². The van der Waals surface area contributed by atoms with E-state index in [2.05, 4.69) is 33.0 Å². The van der Waals surface area contributed by atoms with E-state index in [9.17, 15) is 8.78 Å². The van der Waals surface area contributed by atoms with Gasteiger partial charge in [0, 0.05) is 18.7 Å². The highest BCUT2D eigenvalue weighted by molar-refractivity contribution is 5.17. The summed E-state index contributed by atoms with van der Waals surface area (Å²) in [5.74, 6) is -1.02. The predicted molar refractivity (Wildman–Crippen MR) is 78.4 cm³/mol. The molecule has 0 spiro atoms. The molecule has 1 aliphatic rings. The summed E-state index contributed by atoms with van der Waals surface area (Å²) in [5.41, 5.74) is 1.29. The Bertz CT molecular complexity index is 444. The molecule has 112 valence electrons. The van der Waals surface area contributed by atoms with E-state index < -0.39 is 11.6 Å². The molecule has 1 aromatic carbocycles. The van der Waals surface area contributed by atoms with Crippen molar-refractivity contribution in [1.82, 2.24) is 5.32 Å². The Balaban J connectivity index is 1.99. The van der Waals surface area contributed by atoms with Crippen molar-refractivity contribution in [1.29, 1.82) is 0 Å². The summed E-state index contributed by atoms with van der Waals surface area (Å²) in [6.45, 7) is 9.70. The first-order valence-corrected chi connectivity index (χ1v) is 7.34. The van der Waals surface area contributed by atoms with Gasteiger partial charge in [-0.15, -0.1) is 0 Å². The highest BCUT2D eigenvalue weighted by atomic mass is 19.1. The quantitative estimate of drug-likeness (QED) is 0.849. The van der Waals surface area contributed by atoms with Gasteiger partial charge in [-0.1, -0.05) is 27.7 Å². The van der Waals surface area contributed by atoms with E-state index >= 15 is 0 Å². The number of rotatable bonds is 3. The zero-order chi connectivity index (χ0) is 15.0. The van der Waals surface area contributed by atoms with E-state index in [0.717, 1.165) is 18.9 Å². The van der Waals surface area contributed by atoms with Gasteiger partial charge in [0.15, 0.2) is 0 Å². The molecular weight excluding hydrogens is 256 g/mol. The lowest BCUT2D eigenvalue weighted by molar-refractivity contribution is 0.0844. The maximum absolute atomic E-state index is 13.2. The normalized spacial score (nSPS) is 21.9. The molecule has 1 aliphatic carbocycles. The summed E-state index contributed by atoms with van der Waals surface area (Å²) in [7, 11) is 0. The van der Waals surface area contributed by atoms with Gasteiger partial charge in [-0.25, -0.2) is 8.78 Å². The Morgan fingerprint density at radius 3 is 2.00 bits per heavy atom. The Morgan fingerprint density at radius 2 is 1.50 bits per heavy atom. The molecule has 2 rings (SSSR count). The molecular formula is C17H25F2N. The minimum atomic E-state index is -0.508. The second-order valence-electron chi connectivity index (χ2n) is 7.77. The van der Waals surface area contributed by atoms with Crippen molar-refractivity contribution in [3.8, 4) is 0 Å². The Hall–Kier alpha value is -0.960. The first-order valence-electron chi connectivity index (χ1n) is 7.34. The Morgan fingerprint density at radius 1 is 1.00 bits per heavy atom. The van der Waals surface area contributed by atoms with E-state index in [0.29, 0.717) is 29.0 Å². The molecule has 0 unspecified atom stereocenters. The van der Waals surface area contributed by atoms with Crippen LogP contribution in [-0.2, 0) is 6.54 Å². The molecule has 1 nitrogen and oxygen atoms in total. The monoisotopic (exact) mass is 281 g/mol. The molecule has 0 bridgehead atoms. The van der Waals surface area contributed by atoms with Gasteiger partial charge in [-0.2, -0.15) is 0 Å². The SMILES string of the molecule is CC1(C)CC(NCc2cc(F)cc(F)c2)CC(C)(C)C1. The average molecular weight is 281 g/mol. The molecule has 0 heterocycles. The molecule has 1 N–H and O–H groups in total. The van der Waals surface area contributed by atoms with Gasteiger partial charge in [0.1, 0.15) is 11.6 Å². The fraction of sp³-hybridized carbons (Fsp3) is 0.647. The minimum Gasteiger partial charge on any atom is -0.310 e. The summed E-state index contributed by atoms with van der Waals surface area (Å²) in [6.07, 6.45) is 3.43. The minimum absolute atomic E-state index is 0.312. The van der Waals surface area contributed by atoms with Crippen LogP contribution in [0.5, 0.6) is 0 Å². The molecule has 0 radical (unpaired) electrons. The largest absolute Gasteiger partial charge is 0.310 e. The molecule has 0 saturated heterocycles. The van der Waals surface area contributed by atoms with E-state index in [-0.39, 0.29) is 0 Å². The van der Waals surface area contributed by atoms with Crippen LogP contribution in [0.2, 0.25) is 0 Å². The maximum Gasteiger partial charge on any atom is 0.126 e. The fourth-order valence-corrected chi connectivity index (χ4v) is 3.97. The lowest BCUT2D eigenvalue weighted by Gasteiger charge is -2.45. The summed E-state index contributed by atoms with van der Waals surface area (Å²) >= 11 is 0. The summed E-state index contributed by atoms with van der Waals surface area (Å²) in [5, 5.41) is 3.47. The van der Waals surface area contributed by atoms with Crippen LogP contribution in [0.4, 0.5) is 8.78 Å². The molecule has 1 saturated carbocycles. The summed E-state index contributed by atoms with van der Waals surface area (Å²) in [4.78, 5) is 0. The van der Waals surface area contributed by atoms with Gasteiger partial charge >= 0.3 is 0 Å². The molecule has 20 heavy (non-hydrogen) atoms. The van der Waals surface area contributed by atoms with Crippen molar-refractivity contribution in [2.75, 3.05) is 0 Å². The first-order chi connectivity index (χ1) is 9.15. The zero-order valence-electron chi connectivity index (χ0n) is 12.9. The molecule has 0 amide bonds. The van der Waals surface area contributed by atoms with Crippen LogP contribution in [0.1, 0.15) is 52.5 Å². The van der Waals surface area contributed by atoms with Gasteiger partial charge in [-0.3, -0.25) is 0 Å². The third kappa shape index (κ3) is 4.27. The second-order valence-corrected chi connectivity index (χ2v) is 7.77. The highest BCUT2D eigenvalue weighted by Gasteiger charge is 2.38. The fourth-order valence-electron chi connectivity index (χ4n) is 3.97. The van der Waals surface area contributed by atoms with Crippen LogP contribution in [0.15, 0.2) is 18.2 Å². The Kier molecular flexibility index (Phi) is 4.19. The molecule has 3 heteroatoms. The number of nitrogens with one attached hydrogen (secondary N) is 1. The maximum atomic E-state index is 13.2. The van der Waals surface area contributed by atoms with Crippen LogP contribution in [0, 0.1) is 22.5 Å². The molecule has 0 aromatic heterocycles. The molecule has 1 fully saturated rings. The first kappa shape index (κ1) is 15.4. The summed E-state index contributed by atoms with van der Waals surface area (Å²) < 4.78 is 26.3. The van der Waals surface area contributed by atoms with Gasteiger partial charge in [0.25, 0.3) is 0 Å². The van der Waals surface area contributed by atoms with Crippen molar-refractivity contribution in [3.63, 3.8) is 0 Å². The number of benzene rings is 1. The molecule has 0 atom stereocenters. The standard InChI is InChI=1S/C17H25F2N/c1-16(2)8-15(9-17(3,4)11-16)20-10-12-5-13(18)7-14(19)6-12/h5-7,15,20H,8-11H2,1-4H3.